The van der Waals surface area contributed by atoms with E-state index in [1.807, 2.05) is 18.2 Å². The van der Waals surface area contributed by atoms with Crippen LogP contribution in [-0.2, 0) is 4.74 Å². The van der Waals surface area contributed by atoms with E-state index in [1.54, 1.807) is 24.4 Å². The Labute approximate surface area is 170 Å². The van der Waals surface area contributed by atoms with Gasteiger partial charge in [-0.3, -0.25) is 9.69 Å². The molecule has 0 bridgehead atoms. The molecule has 28 heavy (non-hydrogen) atoms. The van der Waals surface area contributed by atoms with Gasteiger partial charge >= 0.3 is 0 Å². The van der Waals surface area contributed by atoms with Crippen molar-refractivity contribution in [2.45, 2.75) is 6.42 Å². The van der Waals surface area contributed by atoms with Crippen LogP contribution in [0.15, 0.2) is 42.6 Å². The second kappa shape index (κ2) is 8.90. The molecule has 2 aromatic rings. The van der Waals surface area contributed by atoms with Crippen molar-refractivity contribution in [2.75, 3.05) is 56.2 Å². The fraction of sp³-hybridized carbons (Fsp3) is 0.429. The number of pyridine rings is 1. The molecule has 1 amide bonds. The first-order chi connectivity index (χ1) is 13.7. The van der Waals surface area contributed by atoms with Crippen molar-refractivity contribution in [3.8, 4) is 0 Å². The SMILES string of the molecule is O=C(Nc1cccc(Cl)c1)c1ccc(N2CCN(CC3CCOC3)CC2)nc1. The predicted molar refractivity (Wildman–Crippen MR) is 111 cm³/mol. The highest BCUT2D eigenvalue weighted by atomic mass is 35.5. The van der Waals surface area contributed by atoms with Gasteiger partial charge in [0, 0.05) is 56.2 Å². The van der Waals surface area contributed by atoms with Crippen LogP contribution in [0.4, 0.5) is 11.5 Å². The van der Waals surface area contributed by atoms with Gasteiger partial charge < -0.3 is 15.0 Å². The number of carbonyl (C=O) groups is 1. The number of anilines is 2. The normalized spacial score (nSPS) is 20.3. The molecule has 0 aliphatic carbocycles. The zero-order valence-corrected chi connectivity index (χ0v) is 16.6. The molecule has 1 aromatic carbocycles. The Hall–Kier alpha value is -2.15. The lowest BCUT2D eigenvalue weighted by molar-refractivity contribution is 0.102. The summed E-state index contributed by atoms with van der Waals surface area (Å²) in [6, 6.07) is 10.9. The summed E-state index contributed by atoms with van der Waals surface area (Å²) in [6.07, 6.45) is 2.82. The standard InChI is InChI=1S/C21H25ClN4O2/c22-18-2-1-3-19(12-18)24-21(27)17-4-5-20(23-13-17)26-9-7-25(8-10-26)14-16-6-11-28-15-16/h1-5,12-13,16H,6-11,14-15H2,(H,24,27). The average molecular weight is 401 g/mol. The number of ether oxygens (including phenoxy) is 1. The molecule has 1 atom stereocenters. The summed E-state index contributed by atoms with van der Waals surface area (Å²) < 4.78 is 5.48. The first-order valence-electron chi connectivity index (χ1n) is 9.75. The molecule has 2 fully saturated rings. The third-order valence-electron chi connectivity index (χ3n) is 5.33. The summed E-state index contributed by atoms with van der Waals surface area (Å²) in [6.45, 7) is 6.92. The lowest BCUT2D eigenvalue weighted by Gasteiger charge is -2.36. The molecule has 0 radical (unpaired) electrons. The lowest BCUT2D eigenvalue weighted by Crippen LogP contribution is -2.48. The van der Waals surface area contributed by atoms with Crippen molar-refractivity contribution in [3.63, 3.8) is 0 Å². The molecule has 6 nitrogen and oxygen atoms in total. The molecule has 2 aliphatic heterocycles. The van der Waals surface area contributed by atoms with Crippen molar-refractivity contribution in [2.24, 2.45) is 5.92 Å². The molecule has 1 N–H and O–H groups in total. The van der Waals surface area contributed by atoms with Gasteiger partial charge in [-0.15, -0.1) is 0 Å². The molecule has 148 valence electrons. The Balaban J connectivity index is 1.30. The van der Waals surface area contributed by atoms with Gasteiger partial charge in [0.15, 0.2) is 0 Å². The zero-order valence-electron chi connectivity index (χ0n) is 15.8. The van der Waals surface area contributed by atoms with Crippen LogP contribution in [0.1, 0.15) is 16.8 Å². The number of nitrogens with one attached hydrogen (secondary N) is 1. The van der Waals surface area contributed by atoms with Gasteiger partial charge in [0.25, 0.3) is 5.91 Å². The lowest BCUT2D eigenvalue weighted by atomic mass is 10.1. The number of halogens is 1. The summed E-state index contributed by atoms with van der Waals surface area (Å²) in [5.74, 6) is 1.41. The number of amides is 1. The number of hydrogen-bond acceptors (Lipinski definition) is 5. The molecular formula is C21H25ClN4O2. The number of nitrogens with zero attached hydrogens (tertiary/aromatic N) is 3. The maximum Gasteiger partial charge on any atom is 0.257 e. The highest BCUT2D eigenvalue weighted by Crippen LogP contribution is 2.19. The number of benzene rings is 1. The van der Waals surface area contributed by atoms with Crippen LogP contribution >= 0.6 is 11.6 Å². The Kier molecular flexibility index (Phi) is 6.10. The van der Waals surface area contributed by atoms with Gasteiger partial charge in [0.05, 0.1) is 12.2 Å². The van der Waals surface area contributed by atoms with Crippen molar-refractivity contribution in [1.29, 1.82) is 0 Å². The van der Waals surface area contributed by atoms with Crippen molar-refractivity contribution in [1.82, 2.24) is 9.88 Å². The van der Waals surface area contributed by atoms with Crippen molar-refractivity contribution >= 4 is 29.0 Å². The minimum absolute atomic E-state index is 0.190. The molecule has 0 saturated carbocycles. The number of aromatic nitrogens is 1. The fourth-order valence-corrected chi connectivity index (χ4v) is 3.92. The molecule has 3 heterocycles. The second-order valence-corrected chi connectivity index (χ2v) is 7.82. The molecule has 2 saturated heterocycles. The van der Waals surface area contributed by atoms with E-state index >= 15 is 0 Å². The Morgan fingerprint density at radius 2 is 2.07 bits per heavy atom. The first-order valence-corrected chi connectivity index (χ1v) is 10.1. The summed E-state index contributed by atoms with van der Waals surface area (Å²) >= 11 is 5.96. The third kappa shape index (κ3) is 4.82. The summed E-state index contributed by atoms with van der Waals surface area (Å²) in [5, 5.41) is 3.43. The van der Waals surface area contributed by atoms with E-state index in [1.165, 1.54) is 6.42 Å². The summed E-state index contributed by atoms with van der Waals surface area (Å²) in [5.41, 5.74) is 1.20. The van der Waals surface area contributed by atoms with Gasteiger partial charge in [0.2, 0.25) is 0 Å². The molecule has 1 unspecified atom stereocenters. The Bertz CT molecular complexity index is 800. The van der Waals surface area contributed by atoms with E-state index in [-0.39, 0.29) is 5.91 Å². The minimum Gasteiger partial charge on any atom is -0.381 e. The highest BCUT2D eigenvalue weighted by Gasteiger charge is 2.23. The van der Waals surface area contributed by atoms with Crippen LogP contribution in [0.2, 0.25) is 5.02 Å². The molecule has 4 rings (SSSR count). The number of rotatable bonds is 5. The van der Waals surface area contributed by atoms with E-state index in [0.29, 0.717) is 22.2 Å². The summed E-state index contributed by atoms with van der Waals surface area (Å²) in [7, 11) is 0. The van der Waals surface area contributed by atoms with Gasteiger partial charge in [-0.25, -0.2) is 4.98 Å². The van der Waals surface area contributed by atoms with Crippen LogP contribution < -0.4 is 10.2 Å². The Morgan fingerprint density at radius 1 is 1.21 bits per heavy atom. The molecule has 0 spiro atoms. The molecule has 2 aliphatic rings. The van der Waals surface area contributed by atoms with E-state index in [9.17, 15) is 4.79 Å². The van der Waals surface area contributed by atoms with Gasteiger partial charge in [-0.1, -0.05) is 17.7 Å². The van der Waals surface area contributed by atoms with Gasteiger partial charge in [-0.05, 0) is 42.7 Å². The first kappa shape index (κ1) is 19.2. The molecule has 1 aromatic heterocycles. The largest absolute Gasteiger partial charge is 0.381 e. The van der Waals surface area contributed by atoms with Crippen LogP contribution in [0, 0.1) is 5.92 Å². The number of hydrogen-bond donors (Lipinski definition) is 1. The average Bonchev–Trinajstić information content (AvgIpc) is 3.22. The molecule has 7 heteroatoms. The Morgan fingerprint density at radius 3 is 2.75 bits per heavy atom. The highest BCUT2D eigenvalue weighted by molar-refractivity contribution is 6.30. The topological polar surface area (TPSA) is 57.7 Å². The maximum atomic E-state index is 12.4. The quantitative estimate of drug-likeness (QED) is 0.835. The number of carbonyl (C=O) groups excluding carboxylic acids is 1. The van der Waals surface area contributed by atoms with Crippen molar-refractivity contribution in [3.05, 3.63) is 53.2 Å². The monoisotopic (exact) mass is 400 g/mol. The predicted octanol–water partition coefficient (Wildman–Crippen LogP) is 3.15. The third-order valence-corrected chi connectivity index (χ3v) is 5.56. The maximum absolute atomic E-state index is 12.4. The van der Waals surface area contributed by atoms with Gasteiger partial charge in [-0.2, -0.15) is 0 Å². The van der Waals surface area contributed by atoms with E-state index < -0.39 is 0 Å². The minimum atomic E-state index is -0.190. The van der Waals surface area contributed by atoms with Crippen LogP contribution in [0.3, 0.4) is 0 Å². The second-order valence-electron chi connectivity index (χ2n) is 7.39. The van der Waals surface area contributed by atoms with E-state index in [4.69, 9.17) is 16.3 Å². The van der Waals surface area contributed by atoms with E-state index in [2.05, 4.69) is 20.1 Å². The summed E-state index contributed by atoms with van der Waals surface area (Å²) in [4.78, 5) is 21.7. The van der Waals surface area contributed by atoms with Gasteiger partial charge in [0.1, 0.15) is 5.82 Å². The molecular weight excluding hydrogens is 376 g/mol. The van der Waals surface area contributed by atoms with Crippen molar-refractivity contribution < 1.29 is 9.53 Å². The van der Waals surface area contributed by atoms with Crippen LogP contribution in [0.25, 0.3) is 0 Å². The number of piperazine rings is 1. The fourth-order valence-electron chi connectivity index (χ4n) is 3.73. The van der Waals surface area contributed by atoms with Crippen LogP contribution in [0.5, 0.6) is 0 Å². The smallest absolute Gasteiger partial charge is 0.257 e. The van der Waals surface area contributed by atoms with E-state index in [0.717, 1.165) is 51.8 Å². The zero-order chi connectivity index (χ0) is 19.3. The van der Waals surface area contributed by atoms with Crippen LogP contribution in [-0.4, -0.2) is 61.7 Å².